The van der Waals surface area contributed by atoms with Crippen LogP contribution in [0.2, 0.25) is 0 Å². The van der Waals surface area contributed by atoms with Gasteiger partial charge in [0.1, 0.15) is 11.5 Å². The Morgan fingerprint density at radius 2 is 1.75 bits per heavy atom. The number of aromatic nitrogens is 1. The highest BCUT2D eigenvalue weighted by Gasteiger charge is 2.16. The van der Waals surface area contributed by atoms with Gasteiger partial charge in [0, 0.05) is 16.6 Å². The smallest absolute Gasteiger partial charge is 0.262 e. The molecule has 0 atom stereocenters. The molecular weight excluding hydrogens is 356 g/mol. The molecule has 0 fully saturated rings. The van der Waals surface area contributed by atoms with Gasteiger partial charge in [-0.2, -0.15) is 0 Å². The van der Waals surface area contributed by atoms with E-state index in [9.17, 15) is 9.59 Å². The number of benzene rings is 2. The number of amides is 1. The van der Waals surface area contributed by atoms with Gasteiger partial charge in [0.05, 0.1) is 12.6 Å². The molecule has 4 rings (SSSR count). The Balaban J connectivity index is 1.46. The van der Waals surface area contributed by atoms with Crippen molar-refractivity contribution < 1.29 is 14.3 Å². The lowest BCUT2D eigenvalue weighted by Gasteiger charge is -2.17. The molecule has 0 bridgehead atoms. The summed E-state index contributed by atoms with van der Waals surface area (Å²) < 4.78 is 10.6. The summed E-state index contributed by atoms with van der Waals surface area (Å²) in [5.74, 6) is 1.05. The highest BCUT2D eigenvalue weighted by molar-refractivity contribution is 5.95. The number of aryl methyl sites for hydroxylation is 1. The molecule has 0 spiro atoms. The standard InChI is InChI=1S/C22H22N2O4/c1-27-15-7-9-16(10-8-15)28-13-21(25)23-14-6-11-18-17-4-2-3-5-19(17)22(26)24-20(18)12-14/h6-12H,2-5,13H2,1H3,(H,23,25)(H,24,26). The van der Waals surface area contributed by atoms with Gasteiger partial charge in [0.2, 0.25) is 0 Å². The van der Waals surface area contributed by atoms with Crippen LogP contribution in [0.4, 0.5) is 5.69 Å². The van der Waals surface area contributed by atoms with Crippen LogP contribution in [0.1, 0.15) is 24.0 Å². The quantitative estimate of drug-likeness (QED) is 0.713. The zero-order chi connectivity index (χ0) is 19.5. The van der Waals surface area contributed by atoms with Crippen molar-refractivity contribution in [2.45, 2.75) is 25.7 Å². The number of pyridine rings is 1. The first-order valence-electron chi connectivity index (χ1n) is 9.38. The minimum Gasteiger partial charge on any atom is -0.497 e. The van der Waals surface area contributed by atoms with E-state index in [1.54, 1.807) is 37.4 Å². The predicted molar refractivity (Wildman–Crippen MR) is 108 cm³/mol. The minimum atomic E-state index is -0.268. The molecule has 1 aliphatic rings. The maximum atomic E-state index is 12.3. The number of hydrogen-bond acceptors (Lipinski definition) is 4. The van der Waals surface area contributed by atoms with Crippen molar-refractivity contribution in [3.8, 4) is 11.5 Å². The van der Waals surface area contributed by atoms with Gasteiger partial charge in [-0.15, -0.1) is 0 Å². The van der Waals surface area contributed by atoms with Gasteiger partial charge >= 0.3 is 0 Å². The second-order valence-corrected chi connectivity index (χ2v) is 6.89. The number of methoxy groups -OCH3 is 1. The largest absolute Gasteiger partial charge is 0.497 e. The first-order valence-corrected chi connectivity index (χ1v) is 9.38. The van der Waals surface area contributed by atoms with E-state index in [1.807, 2.05) is 12.1 Å². The fourth-order valence-electron chi connectivity index (χ4n) is 3.66. The molecule has 2 aromatic carbocycles. The van der Waals surface area contributed by atoms with Crippen LogP contribution >= 0.6 is 0 Å². The Morgan fingerprint density at radius 1 is 1.04 bits per heavy atom. The second-order valence-electron chi connectivity index (χ2n) is 6.89. The zero-order valence-electron chi connectivity index (χ0n) is 15.7. The summed E-state index contributed by atoms with van der Waals surface area (Å²) in [7, 11) is 1.59. The zero-order valence-corrected chi connectivity index (χ0v) is 15.7. The first-order chi connectivity index (χ1) is 13.6. The van der Waals surface area contributed by atoms with Crippen molar-refractivity contribution in [3.05, 3.63) is 63.9 Å². The summed E-state index contributed by atoms with van der Waals surface area (Å²) >= 11 is 0. The molecule has 0 saturated carbocycles. The van der Waals surface area contributed by atoms with Crippen LogP contribution in [0.5, 0.6) is 11.5 Å². The molecule has 1 aliphatic carbocycles. The third kappa shape index (κ3) is 3.71. The van der Waals surface area contributed by atoms with Crippen molar-refractivity contribution in [2.75, 3.05) is 19.0 Å². The number of carbonyl (C=O) groups is 1. The molecule has 3 aromatic rings. The topological polar surface area (TPSA) is 80.4 Å². The number of anilines is 1. The third-order valence-corrected chi connectivity index (χ3v) is 5.05. The van der Waals surface area contributed by atoms with Crippen LogP contribution in [0.25, 0.3) is 10.9 Å². The summed E-state index contributed by atoms with van der Waals surface area (Å²) in [5.41, 5.74) is 3.41. The normalized spacial score (nSPS) is 13.0. The number of fused-ring (bicyclic) bond motifs is 3. The van der Waals surface area contributed by atoms with Crippen LogP contribution in [0.3, 0.4) is 0 Å². The van der Waals surface area contributed by atoms with Gasteiger partial charge in [-0.25, -0.2) is 0 Å². The summed E-state index contributed by atoms with van der Waals surface area (Å²) in [4.78, 5) is 27.5. The summed E-state index contributed by atoms with van der Waals surface area (Å²) in [5, 5.41) is 3.87. The van der Waals surface area contributed by atoms with Crippen LogP contribution in [-0.2, 0) is 17.6 Å². The molecule has 28 heavy (non-hydrogen) atoms. The summed E-state index contributed by atoms with van der Waals surface area (Å²) in [6.45, 7) is -0.106. The predicted octanol–water partition coefficient (Wildman–Crippen LogP) is 3.43. The van der Waals surface area contributed by atoms with Gasteiger partial charge in [0.25, 0.3) is 11.5 Å². The molecule has 1 aromatic heterocycles. The number of nitrogens with one attached hydrogen (secondary N) is 2. The molecule has 6 nitrogen and oxygen atoms in total. The van der Waals surface area contributed by atoms with Crippen LogP contribution < -0.4 is 20.3 Å². The van der Waals surface area contributed by atoms with Crippen LogP contribution in [0.15, 0.2) is 47.3 Å². The van der Waals surface area contributed by atoms with Gasteiger partial charge in [0.15, 0.2) is 6.61 Å². The van der Waals surface area contributed by atoms with E-state index in [1.165, 1.54) is 0 Å². The number of hydrogen-bond donors (Lipinski definition) is 2. The number of carbonyl (C=O) groups excluding carboxylic acids is 1. The summed E-state index contributed by atoms with van der Waals surface area (Å²) in [6.07, 6.45) is 3.93. The molecule has 6 heteroatoms. The van der Waals surface area contributed by atoms with Gasteiger partial charge in [-0.05, 0) is 67.6 Å². The lowest BCUT2D eigenvalue weighted by Crippen LogP contribution is -2.21. The molecule has 144 valence electrons. The molecule has 0 unspecified atom stereocenters. The number of aromatic amines is 1. The SMILES string of the molecule is COc1ccc(OCC(=O)Nc2ccc3c4c(c(=O)[nH]c3c2)CCCC4)cc1. The van der Waals surface area contributed by atoms with Gasteiger partial charge in [-0.3, -0.25) is 9.59 Å². The molecule has 0 radical (unpaired) electrons. The maximum Gasteiger partial charge on any atom is 0.262 e. The molecule has 2 N–H and O–H groups in total. The number of rotatable bonds is 5. The molecule has 1 amide bonds. The second kappa shape index (κ2) is 7.76. The molecular formula is C22H22N2O4. The first kappa shape index (κ1) is 18.1. The van der Waals surface area contributed by atoms with E-state index in [2.05, 4.69) is 10.3 Å². The van der Waals surface area contributed by atoms with Crippen LogP contribution in [-0.4, -0.2) is 24.6 Å². The van der Waals surface area contributed by atoms with E-state index in [0.29, 0.717) is 11.4 Å². The Labute approximate surface area is 162 Å². The van der Waals surface area contributed by atoms with Crippen molar-refractivity contribution in [3.63, 3.8) is 0 Å². The van der Waals surface area contributed by atoms with Crippen molar-refractivity contribution in [1.82, 2.24) is 4.98 Å². The Morgan fingerprint density at radius 3 is 2.50 bits per heavy atom. The summed E-state index contributed by atoms with van der Waals surface area (Å²) in [6, 6.07) is 12.7. The lowest BCUT2D eigenvalue weighted by molar-refractivity contribution is -0.118. The van der Waals surface area contributed by atoms with E-state index in [-0.39, 0.29) is 18.1 Å². The van der Waals surface area contributed by atoms with E-state index >= 15 is 0 Å². The van der Waals surface area contributed by atoms with E-state index in [0.717, 1.165) is 53.5 Å². The molecule has 1 heterocycles. The Bertz CT molecular complexity index is 1070. The number of H-pyrrole nitrogens is 1. The maximum absolute atomic E-state index is 12.3. The Kier molecular flexibility index (Phi) is 5.02. The average Bonchev–Trinajstić information content (AvgIpc) is 2.73. The highest BCUT2D eigenvalue weighted by atomic mass is 16.5. The van der Waals surface area contributed by atoms with Crippen molar-refractivity contribution >= 4 is 22.5 Å². The van der Waals surface area contributed by atoms with E-state index < -0.39 is 0 Å². The molecule has 0 saturated heterocycles. The fourth-order valence-corrected chi connectivity index (χ4v) is 3.66. The van der Waals surface area contributed by atoms with Crippen molar-refractivity contribution in [1.29, 1.82) is 0 Å². The lowest BCUT2D eigenvalue weighted by atomic mass is 9.90. The van der Waals surface area contributed by atoms with Gasteiger partial charge < -0.3 is 19.8 Å². The highest BCUT2D eigenvalue weighted by Crippen LogP contribution is 2.27. The third-order valence-electron chi connectivity index (χ3n) is 5.05. The van der Waals surface area contributed by atoms with Crippen molar-refractivity contribution in [2.24, 2.45) is 0 Å². The minimum absolute atomic E-state index is 0.0199. The monoisotopic (exact) mass is 378 g/mol. The fraction of sp³-hybridized carbons (Fsp3) is 0.273. The van der Waals surface area contributed by atoms with Gasteiger partial charge in [-0.1, -0.05) is 6.07 Å². The number of ether oxygens (including phenoxy) is 2. The van der Waals surface area contributed by atoms with Crippen LogP contribution in [0, 0.1) is 0 Å². The van der Waals surface area contributed by atoms with E-state index in [4.69, 9.17) is 9.47 Å². The Hall–Kier alpha value is -3.28. The average molecular weight is 378 g/mol. The molecule has 0 aliphatic heterocycles.